The summed E-state index contributed by atoms with van der Waals surface area (Å²) in [6.07, 6.45) is 4.44. The molecule has 0 saturated heterocycles. The molecule has 148 valence electrons. The van der Waals surface area contributed by atoms with E-state index in [1.807, 2.05) is 30.7 Å². The molecule has 1 aliphatic heterocycles. The van der Waals surface area contributed by atoms with E-state index in [-0.39, 0.29) is 17.6 Å². The van der Waals surface area contributed by atoms with Crippen LogP contribution in [0.25, 0.3) is 10.9 Å². The van der Waals surface area contributed by atoms with Gasteiger partial charge in [0.1, 0.15) is 11.8 Å². The summed E-state index contributed by atoms with van der Waals surface area (Å²) in [6.45, 7) is 4.73. The van der Waals surface area contributed by atoms with Crippen LogP contribution < -0.4 is 10.6 Å². The highest BCUT2D eigenvalue weighted by Gasteiger charge is 2.28. The molecule has 3 N–H and O–H groups in total. The number of phenols is 1. The molecular formula is C23H23N3O3. The second kappa shape index (κ2) is 7.47. The number of carbonyl (C=O) groups excluding carboxylic acids is 2. The lowest BCUT2D eigenvalue weighted by Gasteiger charge is -2.14. The largest absolute Gasteiger partial charge is 0.508 e. The second-order valence-electron chi connectivity index (χ2n) is 7.55. The van der Waals surface area contributed by atoms with Crippen molar-refractivity contribution < 1.29 is 14.7 Å². The van der Waals surface area contributed by atoms with E-state index in [1.165, 1.54) is 5.57 Å². The summed E-state index contributed by atoms with van der Waals surface area (Å²) < 4.78 is 2.04. The molecule has 2 heterocycles. The van der Waals surface area contributed by atoms with Gasteiger partial charge in [-0.2, -0.15) is 0 Å². The van der Waals surface area contributed by atoms with Crippen LogP contribution in [0.1, 0.15) is 29.8 Å². The van der Waals surface area contributed by atoms with Crippen molar-refractivity contribution in [2.45, 2.75) is 32.9 Å². The van der Waals surface area contributed by atoms with E-state index in [4.69, 9.17) is 0 Å². The lowest BCUT2D eigenvalue weighted by molar-refractivity contribution is -0.117. The predicted molar refractivity (Wildman–Crippen MR) is 113 cm³/mol. The molecular weight excluding hydrogens is 366 g/mol. The molecule has 1 aliphatic rings. The highest BCUT2D eigenvalue weighted by atomic mass is 16.3. The van der Waals surface area contributed by atoms with Crippen LogP contribution in [0.4, 0.5) is 5.69 Å². The number of nitrogens with one attached hydrogen (secondary N) is 2. The molecule has 29 heavy (non-hydrogen) atoms. The number of hydrogen-bond donors (Lipinski definition) is 3. The molecule has 0 radical (unpaired) electrons. The van der Waals surface area contributed by atoms with Crippen molar-refractivity contribution >= 4 is 28.4 Å². The first kappa shape index (κ1) is 18.8. The maximum absolute atomic E-state index is 12.8. The molecule has 0 unspecified atom stereocenters. The number of carbonyl (C=O) groups is 2. The van der Waals surface area contributed by atoms with Crippen LogP contribution in [0.2, 0.25) is 0 Å². The molecule has 6 heteroatoms. The molecule has 4 rings (SSSR count). The Hall–Kier alpha value is -3.54. The van der Waals surface area contributed by atoms with E-state index in [2.05, 4.69) is 16.7 Å². The van der Waals surface area contributed by atoms with Crippen molar-refractivity contribution in [3.05, 3.63) is 71.4 Å². The summed E-state index contributed by atoms with van der Waals surface area (Å²) in [5.41, 5.74) is 4.00. The minimum absolute atomic E-state index is 0.191. The molecule has 1 atom stereocenters. The number of benzene rings is 2. The molecule has 0 spiro atoms. The van der Waals surface area contributed by atoms with Gasteiger partial charge in [0.15, 0.2) is 0 Å². The van der Waals surface area contributed by atoms with Crippen molar-refractivity contribution in [2.75, 3.05) is 5.32 Å². The zero-order valence-electron chi connectivity index (χ0n) is 16.4. The van der Waals surface area contributed by atoms with Gasteiger partial charge in [-0.05, 0) is 43.7 Å². The number of hydrogen-bond acceptors (Lipinski definition) is 3. The third-order valence-electron chi connectivity index (χ3n) is 5.12. The maximum atomic E-state index is 12.8. The number of anilines is 1. The number of rotatable bonds is 4. The standard InChI is InChI=1S/C23H23N3O3/c1-14(2)9-10-26-13-15(17-8-7-16(27)12-21(17)26)11-20-23(29)24-19-6-4-3-5-18(19)22(28)25-20/h3-9,12-13,20,27H,10-11H2,1-2H3,(H,24,29)(H,25,28)/t20-/m0/s1. The van der Waals surface area contributed by atoms with Crippen LogP contribution in [-0.2, 0) is 17.8 Å². The van der Waals surface area contributed by atoms with Gasteiger partial charge in [-0.15, -0.1) is 0 Å². The van der Waals surface area contributed by atoms with Crippen molar-refractivity contribution in [1.29, 1.82) is 0 Å². The topological polar surface area (TPSA) is 83.4 Å². The molecule has 0 saturated carbocycles. The first-order valence-electron chi connectivity index (χ1n) is 9.57. The number of para-hydroxylation sites is 1. The first-order valence-corrected chi connectivity index (χ1v) is 9.57. The predicted octanol–water partition coefficient (Wildman–Crippen LogP) is 3.61. The Balaban J connectivity index is 1.68. The Morgan fingerprint density at radius 2 is 1.97 bits per heavy atom. The average Bonchev–Trinajstić information content (AvgIpc) is 2.96. The first-order chi connectivity index (χ1) is 13.9. The SMILES string of the molecule is CC(C)=CCn1cc(C[C@@H]2NC(=O)c3ccccc3NC2=O)c2ccc(O)cc21. The summed E-state index contributed by atoms with van der Waals surface area (Å²) in [7, 11) is 0. The van der Waals surface area contributed by atoms with Crippen molar-refractivity contribution in [3.63, 3.8) is 0 Å². The summed E-state index contributed by atoms with van der Waals surface area (Å²) in [4.78, 5) is 25.4. The quantitative estimate of drug-likeness (QED) is 0.596. The summed E-state index contributed by atoms with van der Waals surface area (Å²) in [5, 5.41) is 16.6. The third kappa shape index (κ3) is 3.74. The van der Waals surface area contributed by atoms with Crippen LogP contribution in [0.15, 0.2) is 60.3 Å². The van der Waals surface area contributed by atoms with Gasteiger partial charge in [0.05, 0.1) is 16.8 Å². The molecule has 0 fully saturated rings. The average molecular weight is 389 g/mol. The van der Waals surface area contributed by atoms with Gasteiger partial charge in [-0.1, -0.05) is 23.8 Å². The van der Waals surface area contributed by atoms with Gasteiger partial charge >= 0.3 is 0 Å². The summed E-state index contributed by atoms with van der Waals surface area (Å²) >= 11 is 0. The Morgan fingerprint density at radius 3 is 2.76 bits per heavy atom. The number of phenolic OH excluding ortho intramolecular Hbond substituents is 1. The number of aromatic nitrogens is 1. The fourth-order valence-corrected chi connectivity index (χ4v) is 3.63. The lowest BCUT2D eigenvalue weighted by Crippen LogP contribution is -2.42. The third-order valence-corrected chi connectivity index (χ3v) is 5.12. The van der Waals surface area contributed by atoms with Crippen LogP contribution in [0.3, 0.4) is 0 Å². The molecule has 0 bridgehead atoms. The van der Waals surface area contributed by atoms with E-state index < -0.39 is 6.04 Å². The van der Waals surface area contributed by atoms with Crippen LogP contribution >= 0.6 is 0 Å². The van der Waals surface area contributed by atoms with Crippen LogP contribution in [-0.4, -0.2) is 27.5 Å². The number of amides is 2. The highest BCUT2D eigenvalue weighted by Crippen LogP contribution is 2.27. The van der Waals surface area contributed by atoms with Crippen LogP contribution in [0, 0.1) is 0 Å². The molecule has 2 aromatic carbocycles. The molecule has 0 aliphatic carbocycles. The minimum Gasteiger partial charge on any atom is -0.508 e. The number of nitrogens with zero attached hydrogens (tertiary/aromatic N) is 1. The number of fused-ring (bicyclic) bond motifs is 2. The van der Waals surface area contributed by atoms with E-state index in [9.17, 15) is 14.7 Å². The minimum atomic E-state index is -0.689. The van der Waals surface area contributed by atoms with E-state index in [1.54, 1.807) is 36.4 Å². The highest BCUT2D eigenvalue weighted by molar-refractivity contribution is 6.10. The van der Waals surface area contributed by atoms with Gasteiger partial charge in [-0.25, -0.2) is 0 Å². The number of allylic oxidation sites excluding steroid dienone is 2. The van der Waals surface area contributed by atoms with Gasteiger partial charge < -0.3 is 20.3 Å². The molecule has 3 aromatic rings. The Kier molecular flexibility index (Phi) is 4.84. The Labute approximate surface area is 168 Å². The Morgan fingerprint density at radius 1 is 1.17 bits per heavy atom. The van der Waals surface area contributed by atoms with Gasteiger partial charge in [0.25, 0.3) is 5.91 Å². The van der Waals surface area contributed by atoms with Gasteiger partial charge in [0.2, 0.25) is 5.91 Å². The fourth-order valence-electron chi connectivity index (χ4n) is 3.63. The Bertz CT molecular complexity index is 1140. The summed E-state index contributed by atoms with van der Waals surface area (Å²) in [5.74, 6) is -0.321. The maximum Gasteiger partial charge on any atom is 0.254 e. The molecule has 1 aromatic heterocycles. The van der Waals surface area contributed by atoms with Crippen molar-refractivity contribution in [3.8, 4) is 5.75 Å². The lowest BCUT2D eigenvalue weighted by atomic mass is 10.0. The second-order valence-corrected chi connectivity index (χ2v) is 7.55. The van der Waals surface area contributed by atoms with E-state index >= 15 is 0 Å². The smallest absolute Gasteiger partial charge is 0.254 e. The van der Waals surface area contributed by atoms with Gasteiger partial charge in [-0.3, -0.25) is 9.59 Å². The summed E-state index contributed by atoms with van der Waals surface area (Å²) in [6, 6.07) is 11.5. The van der Waals surface area contributed by atoms with Crippen LogP contribution in [0.5, 0.6) is 5.75 Å². The van der Waals surface area contributed by atoms with E-state index in [0.29, 0.717) is 24.2 Å². The van der Waals surface area contributed by atoms with Gasteiger partial charge in [0, 0.05) is 30.6 Å². The zero-order valence-corrected chi connectivity index (χ0v) is 16.4. The van der Waals surface area contributed by atoms with Crippen molar-refractivity contribution in [2.24, 2.45) is 0 Å². The monoisotopic (exact) mass is 389 g/mol. The molecule has 2 amide bonds. The molecule has 6 nitrogen and oxygen atoms in total. The van der Waals surface area contributed by atoms with E-state index in [0.717, 1.165) is 16.5 Å². The zero-order chi connectivity index (χ0) is 20.5. The number of aromatic hydroxyl groups is 1. The normalized spacial score (nSPS) is 16.0. The van der Waals surface area contributed by atoms with Crippen molar-refractivity contribution in [1.82, 2.24) is 9.88 Å². The fraction of sp³-hybridized carbons (Fsp3) is 0.217.